The fraction of sp³-hybridized carbons (Fsp3) is 0.458. The zero-order valence-corrected chi connectivity index (χ0v) is 15.8. The number of hydrogen-bond donors (Lipinski definition) is 1. The molecular weight excluding hydrogens is 337 g/mol. The van der Waals surface area contributed by atoms with Gasteiger partial charge in [-0.2, -0.15) is 0 Å². The van der Waals surface area contributed by atoms with Crippen LogP contribution in [0.25, 0.3) is 0 Å². The number of anilines is 1. The molecule has 2 aromatic carbocycles. The molecule has 0 unspecified atom stereocenters. The van der Waals surface area contributed by atoms with E-state index >= 15 is 0 Å². The van der Waals surface area contributed by atoms with Crippen molar-refractivity contribution in [3.05, 3.63) is 65.0 Å². The minimum absolute atomic E-state index is 0.194. The van der Waals surface area contributed by atoms with Gasteiger partial charge in [-0.3, -0.25) is 4.79 Å². The Morgan fingerprint density at radius 2 is 1.56 bits per heavy atom. The molecule has 1 amide bonds. The third kappa shape index (κ3) is 2.97. The highest BCUT2D eigenvalue weighted by atomic mass is 19.1. The molecule has 0 aliphatic heterocycles. The average Bonchev–Trinajstić information content (AvgIpc) is 2.62. The van der Waals surface area contributed by atoms with Gasteiger partial charge in [-0.25, -0.2) is 4.39 Å². The monoisotopic (exact) mass is 363 g/mol. The van der Waals surface area contributed by atoms with Gasteiger partial charge in [0, 0.05) is 11.3 Å². The van der Waals surface area contributed by atoms with Crippen LogP contribution in [-0.4, -0.2) is 5.91 Å². The molecule has 0 atom stereocenters. The predicted octanol–water partition coefficient (Wildman–Crippen LogP) is 5.85. The van der Waals surface area contributed by atoms with E-state index in [1.54, 1.807) is 0 Å². The number of hydrogen-bond acceptors (Lipinski definition) is 1. The van der Waals surface area contributed by atoms with Crippen LogP contribution < -0.4 is 5.32 Å². The lowest BCUT2D eigenvalue weighted by Crippen LogP contribution is -2.48. The van der Waals surface area contributed by atoms with Crippen molar-refractivity contribution in [2.24, 2.45) is 17.8 Å². The van der Waals surface area contributed by atoms with Crippen LogP contribution in [0.1, 0.15) is 60.0 Å². The fourth-order valence-electron chi connectivity index (χ4n) is 6.39. The molecule has 0 heterocycles. The average molecular weight is 363 g/mol. The predicted molar refractivity (Wildman–Crippen MR) is 105 cm³/mol. The van der Waals surface area contributed by atoms with Crippen molar-refractivity contribution in [3.8, 4) is 0 Å². The van der Waals surface area contributed by atoms with E-state index in [0.717, 1.165) is 29.0 Å². The molecule has 4 aliphatic carbocycles. The number of amides is 1. The summed E-state index contributed by atoms with van der Waals surface area (Å²) in [7, 11) is 0. The van der Waals surface area contributed by atoms with Crippen molar-refractivity contribution < 1.29 is 9.18 Å². The molecule has 4 bridgehead atoms. The van der Waals surface area contributed by atoms with Crippen molar-refractivity contribution in [1.82, 2.24) is 0 Å². The van der Waals surface area contributed by atoms with Gasteiger partial charge in [0.05, 0.1) is 0 Å². The van der Waals surface area contributed by atoms with E-state index in [-0.39, 0.29) is 11.7 Å². The second-order valence-corrected chi connectivity index (χ2v) is 9.19. The third-order valence-electron chi connectivity index (χ3n) is 7.23. The summed E-state index contributed by atoms with van der Waals surface area (Å²) in [5.74, 6) is 2.25. The summed E-state index contributed by atoms with van der Waals surface area (Å²) >= 11 is 0. The van der Waals surface area contributed by atoms with E-state index in [1.165, 1.54) is 68.4 Å². The summed E-state index contributed by atoms with van der Waals surface area (Å²) in [4.78, 5) is 12.5. The standard InChI is InChI=1S/C24H26FNO/c1-15-8-20(24-12-16-9-17(13-24)11-18(10-16)14-24)4-7-22(15)26-23(27)19-2-5-21(25)6-3-19/h2-8,16-18H,9-14H2,1H3,(H,26,27). The Kier molecular flexibility index (Phi) is 3.89. The quantitative estimate of drug-likeness (QED) is 0.728. The Hall–Kier alpha value is -2.16. The van der Waals surface area contributed by atoms with Crippen molar-refractivity contribution >= 4 is 11.6 Å². The maximum Gasteiger partial charge on any atom is 0.255 e. The molecule has 2 aromatic rings. The number of benzene rings is 2. The van der Waals surface area contributed by atoms with E-state index in [9.17, 15) is 9.18 Å². The second kappa shape index (κ2) is 6.19. The van der Waals surface area contributed by atoms with Gasteiger partial charge in [0.25, 0.3) is 5.91 Å². The molecule has 3 heteroatoms. The van der Waals surface area contributed by atoms with E-state index < -0.39 is 0 Å². The molecule has 2 nitrogen and oxygen atoms in total. The molecule has 1 N–H and O–H groups in total. The van der Waals surface area contributed by atoms with Crippen molar-refractivity contribution in [2.75, 3.05) is 5.32 Å². The van der Waals surface area contributed by atoms with Gasteiger partial charge in [0.15, 0.2) is 0 Å². The highest BCUT2D eigenvalue weighted by Crippen LogP contribution is 2.60. The summed E-state index contributed by atoms with van der Waals surface area (Å²) < 4.78 is 13.1. The van der Waals surface area contributed by atoms with Gasteiger partial charge < -0.3 is 5.32 Å². The van der Waals surface area contributed by atoms with Gasteiger partial charge in [-0.05, 0) is 110 Å². The maximum absolute atomic E-state index is 13.1. The van der Waals surface area contributed by atoms with Crippen molar-refractivity contribution in [2.45, 2.75) is 50.9 Å². The molecule has 140 valence electrons. The molecule has 0 spiro atoms. The summed E-state index contributed by atoms with van der Waals surface area (Å²) in [6, 6.07) is 12.3. The summed E-state index contributed by atoms with van der Waals surface area (Å²) in [6.45, 7) is 2.07. The van der Waals surface area contributed by atoms with Gasteiger partial charge in [0.1, 0.15) is 5.82 Å². The largest absolute Gasteiger partial charge is 0.322 e. The fourth-order valence-corrected chi connectivity index (χ4v) is 6.39. The molecule has 6 rings (SSSR count). The van der Waals surface area contributed by atoms with Gasteiger partial charge >= 0.3 is 0 Å². The van der Waals surface area contributed by atoms with Gasteiger partial charge in [-0.15, -0.1) is 0 Å². The summed E-state index contributed by atoms with van der Waals surface area (Å²) in [5.41, 5.74) is 4.27. The van der Waals surface area contributed by atoms with Crippen molar-refractivity contribution in [1.29, 1.82) is 0 Å². The molecule has 4 saturated carbocycles. The van der Waals surface area contributed by atoms with E-state index in [1.807, 2.05) is 0 Å². The van der Waals surface area contributed by atoms with Crippen LogP contribution in [0.15, 0.2) is 42.5 Å². The third-order valence-corrected chi connectivity index (χ3v) is 7.23. The Labute approximate surface area is 160 Å². The van der Waals surface area contributed by atoms with Crippen LogP contribution in [-0.2, 0) is 5.41 Å². The molecule has 4 aliphatic rings. The van der Waals surface area contributed by atoms with E-state index in [0.29, 0.717) is 11.0 Å². The maximum atomic E-state index is 13.1. The number of rotatable bonds is 3. The Bertz CT molecular complexity index is 850. The Morgan fingerprint density at radius 1 is 0.963 bits per heavy atom. The molecule has 0 radical (unpaired) electrons. The van der Waals surface area contributed by atoms with Gasteiger partial charge in [-0.1, -0.05) is 12.1 Å². The minimum atomic E-state index is -0.331. The number of nitrogens with one attached hydrogen (secondary N) is 1. The molecule has 0 saturated heterocycles. The lowest BCUT2D eigenvalue weighted by atomic mass is 9.48. The zero-order chi connectivity index (χ0) is 18.6. The molecule has 0 aromatic heterocycles. The van der Waals surface area contributed by atoms with Crippen LogP contribution in [0, 0.1) is 30.5 Å². The molecule has 27 heavy (non-hydrogen) atoms. The Balaban J connectivity index is 1.38. The lowest BCUT2D eigenvalue weighted by Gasteiger charge is -2.57. The number of carbonyl (C=O) groups is 1. The first-order valence-electron chi connectivity index (χ1n) is 10.2. The van der Waals surface area contributed by atoms with Crippen LogP contribution in [0.4, 0.5) is 10.1 Å². The highest BCUT2D eigenvalue weighted by Gasteiger charge is 2.51. The first kappa shape index (κ1) is 17.0. The lowest BCUT2D eigenvalue weighted by molar-refractivity contribution is -0.00520. The summed E-state index contributed by atoms with van der Waals surface area (Å²) in [5, 5.41) is 2.99. The van der Waals surface area contributed by atoms with Crippen LogP contribution in [0.2, 0.25) is 0 Å². The number of aryl methyl sites for hydroxylation is 1. The topological polar surface area (TPSA) is 29.1 Å². The SMILES string of the molecule is Cc1cc(C23CC4CC(CC(C4)C2)C3)ccc1NC(=O)c1ccc(F)cc1. The second-order valence-electron chi connectivity index (χ2n) is 9.19. The first-order chi connectivity index (χ1) is 13.0. The highest BCUT2D eigenvalue weighted by molar-refractivity contribution is 6.04. The van der Waals surface area contributed by atoms with Crippen LogP contribution in [0.5, 0.6) is 0 Å². The van der Waals surface area contributed by atoms with Gasteiger partial charge in [0.2, 0.25) is 0 Å². The van der Waals surface area contributed by atoms with Crippen molar-refractivity contribution in [3.63, 3.8) is 0 Å². The minimum Gasteiger partial charge on any atom is -0.322 e. The molecular formula is C24H26FNO. The normalized spacial score (nSPS) is 31.1. The summed E-state index contributed by atoms with van der Waals surface area (Å²) in [6.07, 6.45) is 8.39. The first-order valence-corrected chi connectivity index (χ1v) is 10.2. The van der Waals surface area contributed by atoms with E-state index in [4.69, 9.17) is 0 Å². The van der Waals surface area contributed by atoms with Crippen LogP contribution >= 0.6 is 0 Å². The Morgan fingerprint density at radius 3 is 2.11 bits per heavy atom. The number of halogens is 1. The zero-order valence-electron chi connectivity index (χ0n) is 15.8. The number of carbonyl (C=O) groups excluding carboxylic acids is 1. The van der Waals surface area contributed by atoms with Crippen LogP contribution in [0.3, 0.4) is 0 Å². The smallest absolute Gasteiger partial charge is 0.255 e. The van der Waals surface area contributed by atoms with E-state index in [2.05, 4.69) is 30.4 Å². The molecule has 4 fully saturated rings.